The Balaban J connectivity index is 2.71. The summed E-state index contributed by atoms with van der Waals surface area (Å²) in [6.45, 7) is 1.47. The number of phenolic OH excluding ortho intramolecular Hbond substituents is 1. The Bertz CT molecular complexity index is 407. The van der Waals surface area contributed by atoms with Crippen molar-refractivity contribution in [3.63, 3.8) is 0 Å². The van der Waals surface area contributed by atoms with Gasteiger partial charge in [-0.05, 0) is 48.2 Å². The van der Waals surface area contributed by atoms with Crippen molar-refractivity contribution in [2.45, 2.75) is 0 Å². The molecule has 0 fully saturated rings. The SMILES string of the molecule is CN(C)CCN(C)C(=O)c1ccc(Br)c(O)c1. The van der Waals surface area contributed by atoms with E-state index in [-0.39, 0.29) is 11.7 Å². The molecule has 1 amide bonds. The summed E-state index contributed by atoms with van der Waals surface area (Å²) in [4.78, 5) is 15.7. The molecule has 94 valence electrons. The molecule has 1 aromatic rings. The van der Waals surface area contributed by atoms with E-state index in [4.69, 9.17) is 0 Å². The van der Waals surface area contributed by atoms with Gasteiger partial charge in [-0.1, -0.05) is 0 Å². The second-order valence-electron chi connectivity index (χ2n) is 4.20. The van der Waals surface area contributed by atoms with Crippen molar-refractivity contribution in [3.05, 3.63) is 28.2 Å². The van der Waals surface area contributed by atoms with Crippen LogP contribution in [0, 0.1) is 0 Å². The molecule has 1 aromatic carbocycles. The third-order valence-electron chi connectivity index (χ3n) is 2.42. The highest BCUT2D eigenvalue weighted by atomic mass is 79.9. The maximum absolute atomic E-state index is 12.0. The highest BCUT2D eigenvalue weighted by Crippen LogP contribution is 2.24. The predicted molar refractivity (Wildman–Crippen MR) is 71.3 cm³/mol. The summed E-state index contributed by atoms with van der Waals surface area (Å²) in [7, 11) is 5.68. The minimum atomic E-state index is -0.0883. The lowest BCUT2D eigenvalue weighted by molar-refractivity contribution is 0.0786. The number of amides is 1. The quantitative estimate of drug-likeness (QED) is 0.922. The topological polar surface area (TPSA) is 43.8 Å². The molecule has 0 radical (unpaired) electrons. The van der Waals surface area contributed by atoms with E-state index in [9.17, 15) is 9.90 Å². The van der Waals surface area contributed by atoms with Crippen LogP contribution in [-0.4, -0.2) is 55.0 Å². The summed E-state index contributed by atoms with van der Waals surface area (Å²) >= 11 is 3.18. The van der Waals surface area contributed by atoms with Gasteiger partial charge in [0.05, 0.1) is 4.47 Å². The van der Waals surface area contributed by atoms with Crippen LogP contribution in [0.4, 0.5) is 0 Å². The summed E-state index contributed by atoms with van der Waals surface area (Å²) in [5.74, 6) is -0.00786. The molecule has 0 saturated carbocycles. The molecule has 0 bridgehead atoms. The smallest absolute Gasteiger partial charge is 0.253 e. The molecule has 17 heavy (non-hydrogen) atoms. The average Bonchev–Trinajstić information content (AvgIpc) is 2.28. The van der Waals surface area contributed by atoms with Gasteiger partial charge in [-0.25, -0.2) is 0 Å². The summed E-state index contributed by atoms with van der Waals surface area (Å²) < 4.78 is 0.588. The Morgan fingerprint density at radius 2 is 1.94 bits per heavy atom. The van der Waals surface area contributed by atoms with Crippen LogP contribution in [0.3, 0.4) is 0 Å². The third-order valence-corrected chi connectivity index (χ3v) is 3.09. The number of rotatable bonds is 4. The molecule has 5 heteroatoms. The molecule has 0 unspecified atom stereocenters. The predicted octanol–water partition coefficient (Wildman–Crippen LogP) is 1.79. The van der Waals surface area contributed by atoms with Crippen LogP contribution in [0.25, 0.3) is 0 Å². The molecule has 0 aliphatic carbocycles. The largest absolute Gasteiger partial charge is 0.507 e. The summed E-state index contributed by atoms with van der Waals surface area (Å²) in [6.07, 6.45) is 0. The van der Waals surface area contributed by atoms with Crippen LogP contribution in [0.1, 0.15) is 10.4 Å². The van der Waals surface area contributed by atoms with Crippen LogP contribution in [-0.2, 0) is 0 Å². The van der Waals surface area contributed by atoms with Gasteiger partial charge in [-0.15, -0.1) is 0 Å². The van der Waals surface area contributed by atoms with Crippen LogP contribution >= 0.6 is 15.9 Å². The van der Waals surface area contributed by atoms with Gasteiger partial charge in [0.25, 0.3) is 5.91 Å². The lowest BCUT2D eigenvalue weighted by Crippen LogP contribution is -2.33. The number of halogens is 1. The van der Waals surface area contributed by atoms with Gasteiger partial charge in [0.15, 0.2) is 0 Å². The number of nitrogens with zero attached hydrogens (tertiary/aromatic N) is 2. The summed E-state index contributed by atoms with van der Waals surface area (Å²) in [5, 5.41) is 9.52. The Kier molecular flexibility index (Phi) is 4.96. The van der Waals surface area contributed by atoms with Gasteiger partial charge in [0.1, 0.15) is 5.75 Å². The Morgan fingerprint density at radius 1 is 1.29 bits per heavy atom. The molecule has 0 aliphatic rings. The number of aromatic hydroxyl groups is 1. The minimum absolute atomic E-state index is 0.0804. The molecule has 0 aliphatic heterocycles. The summed E-state index contributed by atoms with van der Waals surface area (Å²) in [5.41, 5.74) is 0.493. The molecule has 0 saturated heterocycles. The van der Waals surface area contributed by atoms with Crippen LogP contribution in [0.15, 0.2) is 22.7 Å². The van der Waals surface area contributed by atoms with Crippen molar-refractivity contribution in [1.82, 2.24) is 9.80 Å². The number of phenols is 1. The molecule has 1 N–H and O–H groups in total. The maximum Gasteiger partial charge on any atom is 0.253 e. The van der Waals surface area contributed by atoms with E-state index in [2.05, 4.69) is 15.9 Å². The van der Waals surface area contributed by atoms with Crippen LogP contribution in [0.2, 0.25) is 0 Å². The zero-order valence-electron chi connectivity index (χ0n) is 10.3. The van der Waals surface area contributed by atoms with Crippen molar-refractivity contribution in [1.29, 1.82) is 0 Å². The van der Waals surface area contributed by atoms with E-state index in [1.54, 1.807) is 24.1 Å². The fourth-order valence-corrected chi connectivity index (χ4v) is 1.56. The van der Waals surface area contributed by atoms with E-state index in [1.165, 1.54) is 6.07 Å². The lowest BCUT2D eigenvalue weighted by atomic mass is 10.2. The van der Waals surface area contributed by atoms with Gasteiger partial charge in [0.2, 0.25) is 0 Å². The first-order valence-electron chi connectivity index (χ1n) is 5.30. The van der Waals surface area contributed by atoms with Gasteiger partial charge >= 0.3 is 0 Å². The first-order chi connectivity index (χ1) is 7.91. The second kappa shape index (κ2) is 6.02. The van der Waals surface area contributed by atoms with Crippen molar-refractivity contribution in [2.75, 3.05) is 34.2 Å². The first kappa shape index (κ1) is 14.0. The number of hydrogen-bond donors (Lipinski definition) is 1. The third kappa shape index (κ3) is 4.02. The van der Waals surface area contributed by atoms with Crippen LogP contribution < -0.4 is 0 Å². The molecule has 0 atom stereocenters. The number of carbonyl (C=O) groups is 1. The number of benzene rings is 1. The Hall–Kier alpha value is -1.07. The average molecular weight is 301 g/mol. The molecule has 1 rings (SSSR count). The highest BCUT2D eigenvalue weighted by Gasteiger charge is 2.13. The molecular formula is C12H17BrN2O2. The van der Waals surface area contributed by atoms with E-state index in [0.717, 1.165) is 6.54 Å². The van der Waals surface area contributed by atoms with Crippen molar-refractivity contribution in [3.8, 4) is 5.75 Å². The fourth-order valence-electron chi connectivity index (χ4n) is 1.32. The minimum Gasteiger partial charge on any atom is -0.507 e. The Labute approximate surface area is 110 Å². The van der Waals surface area contributed by atoms with E-state index < -0.39 is 0 Å². The van der Waals surface area contributed by atoms with E-state index in [0.29, 0.717) is 16.6 Å². The van der Waals surface area contributed by atoms with Crippen molar-refractivity contribution >= 4 is 21.8 Å². The van der Waals surface area contributed by atoms with Gasteiger partial charge in [-0.3, -0.25) is 4.79 Å². The standard InChI is InChI=1S/C12H17BrN2O2/c1-14(2)6-7-15(3)12(17)9-4-5-10(13)11(16)8-9/h4-5,8,16H,6-7H2,1-3H3. The van der Waals surface area contributed by atoms with Crippen molar-refractivity contribution in [2.24, 2.45) is 0 Å². The number of likely N-dealkylation sites (N-methyl/N-ethyl adjacent to an activating group) is 2. The highest BCUT2D eigenvalue weighted by molar-refractivity contribution is 9.10. The fraction of sp³-hybridized carbons (Fsp3) is 0.417. The van der Waals surface area contributed by atoms with Gasteiger partial charge in [0, 0.05) is 25.7 Å². The monoisotopic (exact) mass is 300 g/mol. The maximum atomic E-state index is 12.0. The first-order valence-corrected chi connectivity index (χ1v) is 6.10. The molecule has 4 nitrogen and oxygen atoms in total. The van der Waals surface area contributed by atoms with E-state index in [1.807, 2.05) is 19.0 Å². The van der Waals surface area contributed by atoms with Crippen molar-refractivity contribution < 1.29 is 9.90 Å². The Morgan fingerprint density at radius 3 is 2.47 bits per heavy atom. The lowest BCUT2D eigenvalue weighted by Gasteiger charge is -2.19. The molecule has 0 heterocycles. The van der Waals surface area contributed by atoms with Crippen LogP contribution in [0.5, 0.6) is 5.75 Å². The second-order valence-corrected chi connectivity index (χ2v) is 5.05. The number of carbonyl (C=O) groups excluding carboxylic acids is 1. The molecular weight excluding hydrogens is 284 g/mol. The summed E-state index contributed by atoms with van der Waals surface area (Å²) in [6, 6.07) is 4.83. The normalized spacial score (nSPS) is 10.6. The number of hydrogen-bond acceptors (Lipinski definition) is 3. The van der Waals surface area contributed by atoms with Gasteiger partial charge in [-0.2, -0.15) is 0 Å². The van der Waals surface area contributed by atoms with E-state index >= 15 is 0 Å². The zero-order valence-corrected chi connectivity index (χ0v) is 11.9. The zero-order chi connectivity index (χ0) is 13.0. The molecule has 0 aromatic heterocycles. The van der Waals surface area contributed by atoms with Gasteiger partial charge < -0.3 is 14.9 Å². The molecule has 0 spiro atoms.